The van der Waals surface area contributed by atoms with Crippen LogP contribution in [0.1, 0.15) is 58.3 Å². The zero-order valence-electron chi connectivity index (χ0n) is 15.9. The van der Waals surface area contributed by atoms with E-state index in [9.17, 15) is 4.79 Å². The summed E-state index contributed by atoms with van der Waals surface area (Å²) in [5.41, 5.74) is 0. The molecule has 0 aromatic rings. The molecule has 0 unspecified atom stereocenters. The predicted octanol–water partition coefficient (Wildman–Crippen LogP) is 6.64. The Morgan fingerprint density at radius 1 is 0.640 bits per heavy atom. The summed E-state index contributed by atoms with van der Waals surface area (Å²) in [5, 5.41) is 0. The van der Waals surface area contributed by atoms with Gasteiger partial charge in [0.15, 0.2) is 0 Å². The summed E-state index contributed by atoms with van der Waals surface area (Å²) in [6, 6.07) is 0. The third kappa shape index (κ3) is 19.9. The van der Waals surface area contributed by atoms with Gasteiger partial charge in [-0.2, -0.15) is 0 Å². The van der Waals surface area contributed by atoms with E-state index in [0.29, 0.717) is 6.42 Å². The van der Waals surface area contributed by atoms with E-state index in [1.54, 1.807) is 0 Å². The summed E-state index contributed by atoms with van der Waals surface area (Å²) in [7, 11) is 1.42. The lowest BCUT2D eigenvalue weighted by Gasteiger charge is -1.93. The Hall–Kier alpha value is -2.09. The van der Waals surface area contributed by atoms with Crippen LogP contribution in [0.15, 0.2) is 72.9 Å². The van der Waals surface area contributed by atoms with Crippen LogP contribution in [0.5, 0.6) is 0 Å². The quantitative estimate of drug-likeness (QED) is 0.261. The second-order valence-electron chi connectivity index (χ2n) is 5.53. The molecule has 0 amide bonds. The van der Waals surface area contributed by atoms with Crippen LogP contribution in [0, 0.1) is 0 Å². The van der Waals surface area contributed by atoms with Crippen LogP contribution in [-0.4, -0.2) is 13.1 Å². The van der Waals surface area contributed by atoms with Gasteiger partial charge in [0.25, 0.3) is 0 Å². The van der Waals surface area contributed by atoms with Gasteiger partial charge < -0.3 is 4.74 Å². The number of esters is 1. The fourth-order valence-corrected chi connectivity index (χ4v) is 1.94. The van der Waals surface area contributed by atoms with Crippen molar-refractivity contribution in [2.45, 2.75) is 58.3 Å². The van der Waals surface area contributed by atoms with E-state index in [0.717, 1.165) is 44.9 Å². The number of hydrogen-bond acceptors (Lipinski definition) is 2. The van der Waals surface area contributed by atoms with E-state index in [1.807, 2.05) is 6.08 Å². The van der Waals surface area contributed by atoms with Crippen molar-refractivity contribution >= 4 is 5.97 Å². The third-order valence-electron chi connectivity index (χ3n) is 3.34. The molecule has 0 aromatic carbocycles. The Kier molecular flexibility index (Phi) is 18.3. The lowest BCUT2D eigenvalue weighted by molar-refractivity contribution is -0.140. The van der Waals surface area contributed by atoms with Crippen LogP contribution in [0.3, 0.4) is 0 Å². The normalized spacial score (nSPS) is 12.9. The molecule has 0 bridgehead atoms. The van der Waals surface area contributed by atoms with Gasteiger partial charge in [-0.05, 0) is 44.9 Å². The maximum absolute atomic E-state index is 10.9. The highest BCUT2D eigenvalue weighted by atomic mass is 16.5. The number of rotatable bonds is 14. The van der Waals surface area contributed by atoms with Crippen LogP contribution in [-0.2, 0) is 9.53 Å². The SMILES string of the molecule is CCC=CCC=CCC=CCC=CCC=CC/C=C\CCC(=O)OC. The van der Waals surface area contributed by atoms with E-state index in [-0.39, 0.29) is 5.97 Å². The second-order valence-corrected chi connectivity index (χ2v) is 5.53. The predicted molar refractivity (Wildman–Crippen MR) is 109 cm³/mol. The minimum Gasteiger partial charge on any atom is -0.469 e. The van der Waals surface area contributed by atoms with Crippen LogP contribution >= 0.6 is 0 Å². The average molecular weight is 343 g/mol. The molecular formula is C23H34O2. The first-order valence-electron chi connectivity index (χ1n) is 9.28. The van der Waals surface area contributed by atoms with Crippen molar-refractivity contribution in [1.82, 2.24) is 0 Å². The third-order valence-corrected chi connectivity index (χ3v) is 3.34. The Labute approximate surface area is 154 Å². The highest BCUT2D eigenvalue weighted by Gasteiger charge is 1.94. The van der Waals surface area contributed by atoms with Crippen LogP contribution in [0.2, 0.25) is 0 Å². The van der Waals surface area contributed by atoms with Crippen molar-refractivity contribution in [2.24, 2.45) is 0 Å². The number of carbonyl (C=O) groups excluding carboxylic acids is 1. The molecule has 25 heavy (non-hydrogen) atoms. The van der Waals surface area contributed by atoms with Crippen molar-refractivity contribution in [2.75, 3.05) is 7.11 Å². The van der Waals surface area contributed by atoms with E-state index < -0.39 is 0 Å². The summed E-state index contributed by atoms with van der Waals surface area (Å²) >= 11 is 0. The van der Waals surface area contributed by atoms with Crippen molar-refractivity contribution in [1.29, 1.82) is 0 Å². The van der Waals surface area contributed by atoms with Crippen LogP contribution in [0.25, 0.3) is 0 Å². The molecule has 0 heterocycles. The van der Waals surface area contributed by atoms with E-state index >= 15 is 0 Å². The minimum atomic E-state index is -0.153. The molecule has 0 atom stereocenters. The number of carbonyl (C=O) groups is 1. The first-order valence-corrected chi connectivity index (χ1v) is 9.28. The standard InChI is InChI=1S/C23H34O2/c1-3-4-5-6-7-8-9-10-11-12-13-14-15-16-17-18-19-20-21-22-23(24)25-2/h4-5,7-8,10-11,13-14,16-17,19-20H,3,6,9,12,15,18,21-22H2,1-2H3/b5-4?,8-7?,11-10?,14-13?,17-16?,20-19-. The van der Waals surface area contributed by atoms with Gasteiger partial charge in [-0.25, -0.2) is 0 Å². The first-order chi connectivity index (χ1) is 12.3. The van der Waals surface area contributed by atoms with Gasteiger partial charge in [-0.15, -0.1) is 0 Å². The molecule has 0 fully saturated rings. The molecule has 0 spiro atoms. The lowest BCUT2D eigenvalue weighted by atomic mass is 10.2. The largest absolute Gasteiger partial charge is 0.469 e. The molecule has 2 heteroatoms. The average Bonchev–Trinajstić information content (AvgIpc) is 2.63. The van der Waals surface area contributed by atoms with Gasteiger partial charge in [-0.3, -0.25) is 4.79 Å². The minimum absolute atomic E-state index is 0.153. The number of hydrogen-bond donors (Lipinski definition) is 0. The molecular weight excluding hydrogens is 308 g/mol. The molecule has 0 N–H and O–H groups in total. The van der Waals surface area contributed by atoms with E-state index in [2.05, 4.69) is 78.5 Å². The van der Waals surface area contributed by atoms with Crippen molar-refractivity contribution in [3.8, 4) is 0 Å². The monoisotopic (exact) mass is 342 g/mol. The number of ether oxygens (including phenoxy) is 1. The molecule has 0 aliphatic rings. The van der Waals surface area contributed by atoms with Crippen molar-refractivity contribution in [3.63, 3.8) is 0 Å². The highest BCUT2D eigenvalue weighted by molar-refractivity contribution is 5.69. The second kappa shape index (κ2) is 20.0. The molecule has 0 saturated carbocycles. The number of allylic oxidation sites excluding steroid dienone is 12. The summed E-state index contributed by atoms with van der Waals surface area (Å²) in [4.78, 5) is 10.9. The fourth-order valence-electron chi connectivity index (χ4n) is 1.94. The number of methoxy groups -OCH3 is 1. The zero-order valence-corrected chi connectivity index (χ0v) is 15.9. The molecule has 0 aromatic heterocycles. The van der Waals surface area contributed by atoms with Gasteiger partial charge in [-0.1, -0.05) is 79.8 Å². The summed E-state index contributed by atoms with van der Waals surface area (Å²) in [6.07, 6.45) is 33.3. The zero-order chi connectivity index (χ0) is 18.4. The molecule has 138 valence electrons. The highest BCUT2D eigenvalue weighted by Crippen LogP contribution is 1.98. The molecule has 0 radical (unpaired) electrons. The topological polar surface area (TPSA) is 26.3 Å². The smallest absolute Gasteiger partial charge is 0.305 e. The van der Waals surface area contributed by atoms with Crippen LogP contribution in [0.4, 0.5) is 0 Å². The molecule has 0 aliphatic carbocycles. The lowest BCUT2D eigenvalue weighted by Crippen LogP contribution is -1.97. The van der Waals surface area contributed by atoms with Crippen molar-refractivity contribution < 1.29 is 9.53 Å². The Bertz CT molecular complexity index is 476. The Morgan fingerprint density at radius 2 is 1.00 bits per heavy atom. The first kappa shape index (κ1) is 22.9. The van der Waals surface area contributed by atoms with Gasteiger partial charge in [0, 0.05) is 6.42 Å². The maximum atomic E-state index is 10.9. The van der Waals surface area contributed by atoms with Gasteiger partial charge >= 0.3 is 5.97 Å². The fraction of sp³-hybridized carbons (Fsp3) is 0.435. The summed E-state index contributed by atoms with van der Waals surface area (Å²) in [6.45, 7) is 2.15. The van der Waals surface area contributed by atoms with E-state index in [4.69, 9.17) is 0 Å². The summed E-state index contributed by atoms with van der Waals surface area (Å²) < 4.78 is 4.58. The molecule has 0 saturated heterocycles. The molecule has 2 nitrogen and oxygen atoms in total. The summed E-state index contributed by atoms with van der Waals surface area (Å²) in [5.74, 6) is -0.153. The van der Waals surface area contributed by atoms with Crippen molar-refractivity contribution in [3.05, 3.63) is 72.9 Å². The van der Waals surface area contributed by atoms with Gasteiger partial charge in [0.1, 0.15) is 0 Å². The maximum Gasteiger partial charge on any atom is 0.305 e. The Balaban J connectivity index is 3.53. The molecule has 0 rings (SSSR count). The van der Waals surface area contributed by atoms with Gasteiger partial charge in [0.05, 0.1) is 7.11 Å². The van der Waals surface area contributed by atoms with E-state index in [1.165, 1.54) is 7.11 Å². The molecule has 0 aliphatic heterocycles. The Morgan fingerprint density at radius 3 is 1.36 bits per heavy atom. The van der Waals surface area contributed by atoms with Crippen LogP contribution < -0.4 is 0 Å². The van der Waals surface area contributed by atoms with Gasteiger partial charge in [0.2, 0.25) is 0 Å².